The summed E-state index contributed by atoms with van der Waals surface area (Å²) >= 11 is 0. The van der Waals surface area contributed by atoms with Crippen LogP contribution in [0.25, 0.3) is 0 Å². The highest BCUT2D eigenvalue weighted by atomic mass is 16.3. The van der Waals surface area contributed by atoms with Crippen LogP contribution in [0, 0.1) is 0 Å². The van der Waals surface area contributed by atoms with Gasteiger partial charge in [0.2, 0.25) is 5.91 Å². The predicted octanol–water partition coefficient (Wildman–Crippen LogP) is 0.674. The lowest BCUT2D eigenvalue weighted by Crippen LogP contribution is -2.30. The maximum Gasteiger partial charge on any atom is 0.220 e. The summed E-state index contributed by atoms with van der Waals surface area (Å²) in [6, 6.07) is 0. The van der Waals surface area contributed by atoms with Gasteiger partial charge in [-0.25, -0.2) is 0 Å². The fourth-order valence-electron chi connectivity index (χ4n) is 0.687. The van der Waals surface area contributed by atoms with E-state index in [4.69, 9.17) is 5.11 Å². The van der Waals surface area contributed by atoms with Gasteiger partial charge in [-0.3, -0.25) is 4.79 Å². The minimum Gasteiger partial charge on any atom is -0.392 e. The fraction of sp³-hybridized carbons (Fsp3) is 0.875. The van der Waals surface area contributed by atoms with Crippen LogP contribution in [0.5, 0.6) is 0 Å². The summed E-state index contributed by atoms with van der Waals surface area (Å²) in [7, 11) is 0. The molecule has 66 valence electrons. The smallest absolute Gasteiger partial charge is 0.220 e. The van der Waals surface area contributed by atoms with Gasteiger partial charge in [0.15, 0.2) is 0 Å². The van der Waals surface area contributed by atoms with Crippen molar-refractivity contribution in [3.05, 3.63) is 0 Å². The van der Waals surface area contributed by atoms with Crippen LogP contribution in [0.2, 0.25) is 0 Å². The summed E-state index contributed by atoms with van der Waals surface area (Å²) in [4.78, 5) is 10.9. The summed E-state index contributed by atoms with van der Waals surface area (Å²) in [5.74, 6) is 0.0350. The Kier molecular flexibility index (Phi) is 5.84. The van der Waals surface area contributed by atoms with Gasteiger partial charge in [0.05, 0.1) is 6.10 Å². The Labute approximate surface area is 67.8 Å². The van der Waals surface area contributed by atoms with E-state index >= 15 is 0 Å². The van der Waals surface area contributed by atoms with E-state index in [1.165, 1.54) is 0 Å². The van der Waals surface area contributed by atoms with E-state index in [9.17, 15) is 4.79 Å². The molecule has 0 aromatic rings. The third-order valence-electron chi connectivity index (χ3n) is 1.35. The summed E-state index contributed by atoms with van der Waals surface area (Å²) in [6.07, 6.45) is 2.08. The van der Waals surface area contributed by atoms with Crippen LogP contribution < -0.4 is 5.32 Å². The monoisotopic (exact) mass is 159 g/mol. The first-order valence-electron chi connectivity index (χ1n) is 4.11. The Balaban J connectivity index is 3.23. The average Bonchev–Trinajstić information content (AvgIpc) is 1.97. The lowest BCUT2D eigenvalue weighted by molar-refractivity contribution is -0.121. The van der Waals surface area contributed by atoms with Crippen LogP contribution in [0.15, 0.2) is 0 Å². The first-order valence-corrected chi connectivity index (χ1v) is 4.11. The van der Waals surface area contributed by atoms with Crippen molar-refractivity contribution < 1.29 is 9.90 Å². The molecule has 0 saturated heterocycles. The second kappa shape index (κ2) is 6.16. The minimum absolute atomic E-state index is 0.0350. The van der Waals surface area contributed by atoms with Crippen molar-refractivity contribution in [1.29, 1.82) is 0 Å². The third-order valence-corrected chi connectivity index (χ3v) is 1.35. The Hall–Kier alpha value is -0.570. The maximum atomic E-state index is 10.9. The molecule has 3 heteroatoms. The van der Waals surface area contributed by atoms with Crippen LogP contribution >= 0.6 is 0 Å². The number of hydrogen-bond donors (Lipinski definition) is 2. The van der Waals surface area contributed by atoms with E-state index in [1.54, 1.807) is 6.92 Å². The van der Waals surface area contributed by atoms with Gasteiger partial charge >= 0.3 is 0 Å². The van der Waals surface area contributed by atoms with Gasteiger partial charge in [-0.2, -0.15) is 0 Å². The lowest BCUT2D eigenvalue weighted by atomic mass is 10.2. The molecule has 0 aliphatic heterocycles. The van der Waals surface area contributed by atoms with Gasteiger partial charge in [-0.15, -0.1) is 0 Å². The number of hydrogen-bond acceptors (Lipinski definition) is 2. The molecular weight excluding hydrogens is 142 g/mol. The maximum absolute atomic E-state index is 10.9. The molecule has 0 rings (SSSR count). The SMILES string of the molecule is CCCCC(=O)NC[C@H](C)O. The topological polar surface area (TPSA) is 49.3 Å². The first-order chi connectivity index (χ1) is 5.16. The van der Waals surface area contributed by atoms with Crippen molar-refractivity contribution >= 4 is 5.91 Å². The number of carbonyl (C=O) groups excluding carboxylic acids is 1. The molecule has 0 aliphatic carbocycles. The third kappa shape index (κ3) is 7.33. The van der Waals surface area contributed by atoms with Gasteiger partial charge < -0.3 is 10.4 Å². The van der Waals surface area contributed by atoms with Crippen LogP contribution in [0.1, 0.15) is 33.1 Å². The van der Waals surface area contributed by atoms with Gasteiger partial charge in [-0.05, 0) is 13.3 Å². The summed E-state index contributed by atoms with van der Waals surface area (Å²) in [5, 5.41) is 11.4. The molecule has 11 heavy (non-hydrogen) atoms. The molecule has 0 bridgehead atoms. The molecule has 2 N–H and O–H groups in total. The van der Waals surface area contributed by atoms with Crippen LogP contribution in [-0.2, 0) is 4.79 Å². The minimum atomic E-state index is -0.444. The molecule has 3 nitrogen and oxygen atoms in total. The first kappa shape index (κ1) is 10.4. The number of rotatable bonds is 5. The van der Waals surface area contributed by atoms with Gasteiger partial charge in [0, 0.05) is 13.0 Å². The lowest BCUT2D eigenvalue weighted by Gasteiger charge is -2.05. The summed E-state index contributed by atoms with van der Waals surface area (Å²) < 4.78 is 0. The van der Waals surface area contributed by atoms with Gasteiger partial charge in [0.25, 0.3) is 0 Å². The van der Waals surface area contributed by atoms with Gasteiger partial charge in [-0.1, -0.05) is 13.3 Å². The summed E-state index contributed by atoms with van der Waals surface area (Å²) in [5.41, 5.74) is 0. The fourth-order valence-corrected chi connectivity index (χ4v) is 0.687. The highest BCUT2D eigenvalue weighted by Gasteiger charge is 2.00. The van der Waals surface area contributed by atoms with E-state index in [-0.39, 0.29) is 5.91 Å². The second-order valence-corrected chi connectivity index (χ2v) is 2.76. The largest absolute Gasteiger partial charge is 0.392 e. The number of carbonyl (C=O) groups is 1. The molecule has 1 amide bonds. The van der Waals surface area contributed by atoms with Crippen molar-refractivity contribution in [1.82, 2.24) is 5.32 Å². The zero-order chi connectivity index (χ0) is 8.69. The Morgan fingerprint density at radius 1 is 1.64 bits per heavy atom. The standard InChI is InChI=1S/C8H17NO2/c1-3-4-5-8(11)9-6-7(2)10/h7,10H,3-6H2,1-2H3,(H,9,11)/t7-/m0/s1. The molecule has 1 atom stereocenters. The van der Waals surface area contributed by atoms with Crippen molar-refractivity contribution in [3.63, 3.8) is 0 Å². The van der Waals surface area contributed by atoms with Crippen molar-refractivity contribution in [2.75, 3.05) is 6.54 Å². The van der Waals surface area contributed by atoms with E-state index in [0.29, 0.717) is 13.0 Å². The van der Waals surface area contributed by atoms with Crippen molar-refractivity contribution in [2.45, 2.75) is 39.2 Å². The van der Waals surface area contributed by atoms with Crippen LogP contribution in [0.3, 0.4) is 0 Å². The van der Waals surface area contributed by atoms with Crippen molar-refractivity contribution in [3.8, 4) is 0 Å². The molecule has 0 aromatic heterocycles. The normalized spacial score (nSPS) is 12.6. The Morgan fingerprint density at radius 2 is 2.27 bits per heavy atom. The van der Waals surface area contributed by atoms with E-state index < -0.39 is 6.10 Å². The molecule has 0 fully saturated rings. The zero-order valence-electron chi connectivity index (χ0n) is 7.26. The molecule has 0 aliphatic rings. The molecule has 0 unspecified atom stereocenters. The van der Waals surface area contributed by atoms with E-state index in [1.807, 2.05) is 6.92 Å². The number of aliphatic hydroxyl groups is 1. The van der Waals surface area contributed by atoms with Crippen LogP contribution in [0.4, 0.5) is 0 Å². The van der Waals surface area contributed by atoms with Gasteiger partial charge in [0.1, 0.15) is 0 Å². The molecule has 0 heterocycles. The molecule has 0 saturated carbocycles. The number of aliphatic hydroxyl groups excluding tert-OH is 1. The second-order valence-electron chi connectivity index (χ2n) is 2.76. The zero-order valence-corrected chi connectivity index (χ0v) is 7.26. The molecular formula is C8H17NO2. The predicted molar refractivity (Wildman–Crippen MR) is 44.2 cm³/mol. The highest BCUT2D eigenvalue weighted by Crippen LogP contribution is 1.92. The Morgan fingerprint density at radius 3 is 2.73 bits per heavy atom. The van der Waals surface area contributed by atoms with E-state index in [2.05, 4.69) is 5.32 Å². The molecule has 0 spiro atoms. The number of nitrogens with one attached hydrogen (secondary N) is 1. The molecule has 0 aromatic carbocycles. The highest BCUT2D eigenvalue weighted by molar-refractivity contribution is 5.75. The average molecular weight is 159 g/mol. The van der Waals surface area contributed by atoms with Crippen molar-refractivity contribution in [2.24, 2.45) is 0 Å². The quantitative estimate of drug-likeness (QED) is 0.619. The van der Waals surface area contributed by atoms with E-state index in [0.717, 1.165) is 12.8 Å². The Bertz CT molecular complexity index is 113. The number of unbranched alkanes of at least 4 members (excludes halogenated alkanes) is 1. The molecule has 0 radical (unpaired) electrons. The number of amides is 1. The summed E-state index contributed by atoms with van der Waals surface area (Å²) in [6.45, 7) is 4.06. The van der Waals surface area contributed by atoms with Crippen LogP contribution in [-0.4, -0.2) is 23.7 Å².